The predicted molar refractivity (Wildman–Crippen MR) is 70.5 cm³/mol. The van der Waals surface area contributed by atoms with E-state index in [1.54, 1.807) is 6.92 Å². The molecule has 0 radical (unpaired) electrons. The lowest BCUT2D eigenvalue weighted by Gasteiger charge is -2.26. The van der Waals surface area contributed by atoms with Crippen LogP contribution in [-0.2, 0) is 4.79 Å². The zero-order chi connectivity index (χ0) is 13.6. The van der Waals surface area contributed by atoms with Crippen molar-refractivity contribution >= 4 is 5.91 Å². The third-order valence-electron chi connectivity index (χ3n) is 2.55. The molecule has 0 spiro atoms. The van der Waals surface area contributed by atoms with Crippen molar-refractivity contribution in [2.24, 2.45) is 17.6 Å². The van der Waals surface area contributed by atoms with E-state index in [0.717, 1.165) is 0 Å². The first kappa shape index (κ1) is 16.4. The van der Waals surface area contributed by atoms with Gasteiger partial charge in [0.05, 0.1) is 11.6 Å². The Labute approximate surface area is 105 Å². The summed E-state index contributed by atoms with van der Waals surface area (Å²) in [7, 11) is 0. The second-order valence-corrected chi connectivity index (χ2v) is 6.05. The number of hydrogen-bond donors (Lipinski definition) is 3. The van der Waals surface area contributed by atoms with Gasteiger partial charge in [0.25, 0.3) is 0 Å². The van der Waals surface area contributed by atoms with E-state index < -0.39 is 11.6 Å². The number of hydrogen-bond acceptors (Lipinski definition) is 3. The summed E-state index contributed by atoms with van der Waals surface area (Å²) in [5.41, 5.74) is 4.90. The fraction of sp³-hybridized carbons (Fsp3) is 0.923. The van der Waals surface area contributed by atoms with Gasteiger partial charge in [0.1, 0.15) is 0 Å². The van der Waals surface area contributed by atoms with Crippen LogP contribution in [0.15, 0.2) is 0 Å². The van der Waals surface area contributed by atoms with Gasteiger partial charge in [-0.25, -0.2) is 0 Å². The van der Waals surface area contributed by atoms with Crippen molar-refractivity contribution in [3.05, 3.63) is 0 Å². The number of rotatable bonds is 7. The summed E-state index contributed by atoms with van der Waals surface area (Å²) in [6.07, 6.45) is 1.32. The van der Waals surface area contributed by atoms with Crippen molar-refractivity contribution in [3.8, 4) is 0 Å². The summed E-state index contributed by atoms with van der Waals surface area (Å²) >= 11 is 0. The molecule has 0 saturated carbocycles. The second kappa shape index (κ2) is 6.97. The van der Waals surface area contributed by atoms with E-state index in [1.807, 2.05) is 27.7 Å². The Bertz CT molecular complexity index is 238. The average molecular weight is 244 g/mol. The lowest BCUT2D eigenvalue weighted by molar-refractivity contribution is -0.124. The first-order valence-corrected chi connectivity index (χ1v) is 6.39. The van der Waals surface area contributed by atoms with Crippen LogP contribution in [0.2, 0.25) is 0 Å². The average Bonchev–Trinajstić information content (AvgIpc) is 2.11. The normalized spacial score (nSPS) is 17.0. The third kappa shape index (κ3) is 8.16. The van der Waals surface area contributed by atoms with Gasteiger partial charge in [0, 0.05) is 6.54 Å². The summed E-state index contributed by atoms with van der Waals surface area (Å²) in [6.45, 7) is 10.1. The van der Waals surface area contributed by atoms with Gasteiger partial charge in [-0.15, -0.1) is 0 Å². The SMILES string of the molecule is CC(C)C[C@H](N)C(=O)NCC(C)(O)CC(C)C. The molecule has 0 aromatic heterocycles. The molecule has 4 nitrogen and oxygen atoms in total. The van der Waals surface area contributed by atoms with Gasteiger partial charge in [0.15, 0.2) is 0 Å². The number of aliphatic hydroxyl groups is 1. The van der Waals surface area contributed by atoms with Gasteiger partial charge in [0.2, 0.25) is 5.91 Å². The molecule has 0 aliphatic rings. The minimum atomic E-state index is -0.860. The van der Waals surface area contributed by atoms with Crippen molar-refractivity contribution in [1.29, 1.82) is 0 Å². The predicted octanol–water partition coefficient (Wildman–Crippen LogP) is 1.27. The first-order chi connectivity index (χ1) is 7.64. The molecule has 17 heavy (non-hydrogen) atoms. The van der Waals surface area contributed by atoms with Crippen LogP contribution in [0.4, 0.5) is 0 Å². The molecular weight excluding hydrogens is 216 g/mol. The first-order valence-electron chi connectivity index (χ1n) is 6.39. The van der Waals surface area contributed by atoms with Gasteiger partial charge in [-0.1, -0.05) is 27.7 Å². The second-order valence-electron chi connectivity index (χ2n) is 6.05. The molecule has 0 rings (SSSR count). The molecule has 0 aromatic rings. The third-order valence-corrected chi connectivity index (χ3v) is 2.55. The molecule has 0 heterocycles. The molecule has 4 N–H and O–H groups in total. The van der Waals surface area contributed by atoms with Crippen LogP contribution in [0, 0.1) is 11.8 Å². The standard InChI is InChI=1S/C13H28N2O2/c1-9(2)6-11(14)12(16)15-8-13(5,17)7-10(3)4/h9-11,17H,6-8,14H2,1-5H3,(H,15,16)/t11-,13?/m0/s1. The van der Waals surface area contributed by atoms with Crippen molar-refractivity contribution < 1.29 is 9.90 Å². The molecule has 0 aromatic carbocycles. The smallest absolute Gasteiger partial charge is 0.237 e. The van der Waals surface area contributed by atoms with Crippen LogP contribution in [0.1, 0.15) is 47.5 Å². The van der Waals surface area contributed by atoms with Crippen molar-refractivity contribution in [2.75, 3.05) is 6.54 Å². The number of carbonyl (C=O) groups excluding carboxylic acids is 1. The topological polar surface area (TPSA) is 75.4 Å². The maximum atomic E-state index is 11.7. The highest BCUT2D eigenvalue weighted by Crippen LogP contribution is 2.15. The summed E-state index contributed by atoms with van der Waals surface area (Å²) in [5, 5.41) is 12.8. The zero-order valence-corrected chi connectivity index (χ0v) is 11.8. The maximum Gasteiger partial charge on any atom is 0.237 e. The summed E-state index contributed by atoms with van der Waals surface area (Å²) in [6, 6.07) is -0.482. The van der Waals surface area contributed by atoms with Crippen LogP contribution >= 0.6 is 0 Å². The molecule has 0 fully saturated rings. The highest BCUT2D eigenvalue weighted by atomic mass is 16.3. The Morgan fingerprint density at radius 2 is 1.82 bits per heavy atom. The minimum absolute atomic E-state index is 0.178. The van der Waals surface area contributed by atoms with Crippen molar-refractivity contribution in [3.63, 3.8) is 0 Å². The Morgan fingerprint density at radius 1 is 1.29 bits per heavy atom. The monoisotopic (exact) mass is 244 g/mol. The van der Waals surface area contributed by atoms with Crippen LogP contribution in [0.25, 0.3) is 0 Å². The van der Waals surface area contributed by atoms with Crippen molar-refractivity contribution in [1.82, 2.24) is 5.32 Å². The fourth-order valence-corrected chi connectivity index (χ4v) is 1.98. The highest BCUT2D eigenvalue weighted by Gasteiger charge is 2.24. The molecule has 0 saturated heterocycles. The Kier molecular flexibility index (Phi) is 6.72. The number of nitrogens with one attached hydrogen (secondary N) is 1. The molecule has 102 valence electrons. The molecule has 0 bridgehead atoms. The van der Waals surface area contributed by atoms with Gasteiger partial charge < -0.3 is 16.2 Å². The number of amides is 1. The largest absolute Gasteiger partial charge is 0.388 e. The minimum Gasteiger partial charge on any atom is -0.388 e. The van der Waals surface area contributed by atoms with Crippen LogP contribution in [0.5, 0.6) is 0 Å². The van der Waals surface area contributed by atoms with Gasteiger partial charge in [-0.05, 0) is 31.6 Å². The van der Waals surface area contributed by atoms with Gasteiger partial charge in [-0.3, -0.25) is 4.79 Å². The molecular formula is C13H28N2O2. The molecule has 0 aliphatic carbocycles. The summed E-state index contributed by atoms with van der Waals surface area (Å²) in [4.78, 5) is 11.7. The van der Waals surface area contributed by atoms with Gasteiger partial charge >= 0.3 is 0 Å². The Morgan fingerprint density at radius 3 is 2.24 bits per heavy atom. The van der Waals surface area contributed by atoms with Crippen LogP contribution in [-0.4, -0.2) is 29.2 Å². The van der Waals surface area contributed by atoms with Crippen molar-refractivity contribution in [2.45, 2.75) is 59.1 Å². The van der Waals surface area contributed by atoms with E-state index in [1.165, 1.54) is 0 Å². The number of nitrogens with two attached hydrogens (primary N) is 1. The highest BCUT2D eigenvalue weighted by molar-refractivity contribution is 5.81. The molecule has 2 atom stereocenters. The van der Waals surface area contributed by atoms with E-state index in [0.29, 0.717) is 24.7 Å². The summed E-state index contributed by atoms with van der Waals surface area (Å²) < 4.78 is 0. The van der Waals surface area contributed by atoms with E-state index in [2.05, 4.69) is 5.32 Å². The van der Waals surface area contributed by atoms with E-state index in [9.17, 15) is 9.90 Å². The van der Waals surface area contributed by atoms with E-state index >= 15 is 0 Å². The molecule has 4 heteroatoms. The lowest BCUT2D eigenvalue weighted by Crippen LogP contribution is -2.47. The molecule has 1 unspecified atom stereocenters. The van der Waals surface area contributed by atoms with Crippen LogP contribution in [0.3, 0.4) is 0 Å². The fourth-order valence-electron chi connectivity index (χ4n) is 1.98. The van der Waals surface area contributed by atoms with E-state index in [4.69, 9.17) is 5.73 Å². The lowest BCUT2D eigenvalue weighted by atomic mass is 9.94. The van der Waals surface area contributed by atoms with Gasteiger partial charge in [-0.2, -0.15) is 0 Å². The molecule has 1 amide bonds. The Hall–Kier alpha value is -0.610. The van der Waals surface area contributed by atoms with Crippen LogP contribution < -0.4 is 11.1 Å². The zero-order valence-electron chi connectivity index (χ0n) is 11.8. The number of carbonyl (C=O) groups is 1. The Balaban J connectivity index is 4.06. The van der Waals surface area contributed by atoms with E-state index in [-0.39, 0.29) is 12.5 Å². The summed E-state index contributed by atoms with van der Waals surface area (Å²) in [5.74, 6) is 0.612. The molecule has 0 aliphatic heterocycles. The quantitative estimate of drug-likeness (QED) is 0.631. The maximum absolute atomic E-state index is 11.7.